The van der Waals surface area contributed by atoms with E-state index < -0.39 is 12.5 Å². The third kappa shape index (κ3) is 5.00. The van der Waals surface area contributed by atoms with Crippen LogP contribution in [0.5, 0.6) is 5.75 Å². The van der Waals surface area contributed by atoms with Gasteiger partial charge in [0, 0.05) is 12.1 Å². The zero-order valence-corrected chi connectivity index (χ0v) is 15.8. The maximum atomic E-state index is 12.3. The second-order valence-corrected chi connectivity index (χ2v) is 7.16. The second kappa shape index (κ2) is 9.05. The predicted octanol–water partition coefficient (Wildman–Crippen LogP) is 3.85. The summed E-state index contributed by atoms with van der Waals surface area (Å²) in [6.45, 7) is -3.04. The first kappa shape index (κ1) is 20.1. The van der Waals surface area contributed by atoms with E-state index in [9.17, 15) is 13.6 Å². The van der Waals surface area contributed by atoms with Gasteiger partial charge >= 0.3 is 6.61 Å². The quantitative estimate of drug-likeness (QED) is 0.600. The molecule has 0 aliphatic heterocycles. The minimum atomic E-state index is -2.91. The van der Waals surface area contributed by atoms with Crippen molar-refractivity contribution in [3.05, 3.63) is 52.5 Å². The van der Waals surface area contributed by atoms with E-state index in [1.54, 1.807) is 24.3 Å². The van der Waals surface area contributed by atoms with Crippen LogP contribution in [0.4, 0.5) is 8.78 Å². The van der Waals surface area contributed by atoms with Crippen molar-refractivity contribution in [3.63, 3.8) is 0 Å². The van der Waals surface area contributed by atoms with Gasteiger partial charge in [0.1, 0.15) is 11.4 Å². The van der Waals surface area contributed by atoms with Crippen molar-refractivity contribution >= 4 is 28.8 Å². The molecule has 0 spiro atoms. The molecule has 146 valence electrons. The van der Waals surface area contributed by atoms with E-state index in [2.05, 4.69) is 20.0 Å². The average molecular weight is 426 g/mol. The Morgan fingerprint density at radius 1 is 1.21 bits per heavy atom. The van der Waals surface area contributed by atoms with Crippen molar-refractivity contribution in [3.8, 4) is 27.7 Å². The summed E-state index contributed by atoms with van der Waals surface area (Å²) in [5.74, 6) is -0.158. The number of nitrogens with one attached hydrogen (secondary N) is 1. The van der Waals surface area contributed by atoms with Crippen LogP contribution in [-0.2, 0) is 0 Å². The van der Waals surface area contributed by atoms with Gasteiger partial charge in [-0.05, 0) is 42.5 Å². The molecule has 0 bridgehead atoms. The summed E-state index contributed by atoms with van der Waals surface area (Å²) in [5, 5.41) is 11.4. The molecule has 2 heterocycles. The lowest BCUT2D eigenvalue weighted by Crippen LogP contribution is -2.27. The topological polar surface area (TPSA) is 84.3 Å². The highest BCUT2D eigenvalue weighted by Crippen LogP contribution is 2.31. The van der Waals surface area contributed by atoms with Crippen LogP contribution in [0.15, 0.2) is 42.5 Å². The molecule has 0 atom stereocenters. The molecule has 0 fully saturated rings. The SMILES string of the molecule is O=C(NCCO)c1cc(-c2ccc(OC(F)F)cc2)nc(-c2ccc(Cl)s2)n1. The molecular formula is C18H14ClF2N3O3S. The Labute approximate surface area is 167 Å². The molecule has 10 heteroatoms. The molecule has 1 aromatic carbocycles. The van der Waals surface area contributed by atoms with Gasteiger partial charge in [-0.3, -0.25) is 4.79 Å². The van der Waals surface area contributed by atoms with Crippen LogP contribution in [0.3, 0.4) is 0 Å². The van der Waals surface area contributed by atoms with E-state index in [0.29, 0.717) is 26.3 Å². The van der Waals surface area contributed by atoms with Gasteiger partial charge in [0.05, 0.1) is 21.5 Å². The predicted molar refractivity (Wildman–Crippen MR) is 102 cm³/mol. The van der Waals surface area contributed by atoms with Crippen LogP contribution in [-0.4, -0.2) is 40.7 Å². The fourth-order valence-corrected chi connectivity index (χ4v) is 3.30. The van der Waals surface area contributed by atoms with Crippen molar-refractivity contribution < 1.29 is 23.4 Å². The van der Waals surface area contributed by atoms with Crippen LogP contribution in [0.25, 0.3) is 22.0 Å². The molecule has 28 heavy (non-hydrogen) atoms. The average Bonchev–Trinajstić information content (AvgIpc) is 3.12. The number of benzene rings is 1. The van der Waals surface area contributed by atoms with Crippen molar-refractivity contribution in [1.29, 1.82) is 0 Å². The molecule has 3 aromatic rings. The standard InChI is InChI=1S/C18H14ClF2N3O3S/c19-15-6-5-14(28-15)16-23-12(9-13(24-16)17(26)22-7-8-25)10-1-3-11(4-2-10)27-18(20)21/h1-6,9,18,25H,7-8H2,(H,22,26). The van der Waals surface area contributed by atoms with E-state index >= 15 is 0 Å². The van der Waals surface area contributed by atoms with Crippen LogP contribution in [0, 0.1) is 0 Å². The Kier molecular flexibility index (Phi) is 6.50. The molecule has 3 rings (SSSR count). The number of aliphatic hydroxyl groups is 1. The van der Waals surface area contributed by atoms with E-state index in [1.807, 2.05) is 0 Å². The number of amides is 1. The summed E-state index contributed by atoms with van der Waals surface area (Å²) in [4.78, 5) is 21.7. The number of aliphatic hydroxyl groups excluding tert-OH is 1. The fraction of sp³-hybridized carbons (Fsp3) is 0.167. The summed E-state index contributed by atoms with van der Waals surface area (Å²) in [6.07, 6.45) is 0. The molecule has 0 unspecified atom stereocenters. The number of ether oxygens (including phenoxy) is 1. The number of carbonyl (C=O) groups excluding carboxylic acids is 1. The van der Waals surface area contributed by atoms with Crippen LogP contribution < -0.4 is 10.1 Å². The molecule has 0 radical (unpaired) electrons. The monoisotopic (exact) mass is 425 g/mol. The van der Waals surface area contributed by atoms with Crippen molar-refractivity contribution in [2.24, 2.45) is 0 Å². The van der Waals surface area contributed by atoms with Gasteiger partial charge in [-0.15, -0.1) is 11.3 Å². The second-order valence-electron chi connectivity index (χ2n) is 5.45. The highest BCUT2D eigenvalue weighted by Gasteiger charge is 2.15. The molecule has 1 amide bonds. The molecule has 0 aliphatic carbocycles. The van der Waals surface area contributed by atoms with E-state index in [0.717, 1.165) is 0 Å². The van der Waals surface area contributed by atoms with Gasteiger partial charge in [-0.1, -0.05) is 11.6 Å². The van der Waals surface area contributed by atoms with E-state index in [4.69, 9.17) is 16.7 Å². The normalized spacial score (nSPS) is 10.9. The highest BCUT2D eigenvalue weighted by atomic mass is 35.5. The number of thiophene rings is 1. The summed E-state index contributed by atoms with van der Waals surface area (Å²) >= 11 is 7.24. The summed E-state index contributed by atoms with van der Waals surface area (Å²) < 4.78 is 29.5. The van der Waals surface area contributed by atoms with Crippen LogP contribution in [0.2, 0.25) is 4.34 Å². The van der Waals surface area contributed by atoms with Gasteiger partial charge in [0.15, 0.2) is 5.82 Å². The lowest BCUT2D eigenvalue weighted by atomic mass is 10.1. The van der Waals surface area contributed by atoms with Crippen LogP contribution in [0.1, 0.15) is 10.5 Å². The molecule has 0 saturated heterocycles. The number of aromatic nitrogens is 2. The summed E-state index contributed by atoms with van der Waals surface area (Å²) in [7, 11) is 0. The Balaban J connectivity index is 2.00. The lowest BCUT2D eigenvalue weighted by molar-refractivity contribution is -0.0498. The Hall–Kier alpha value is -2.62. The first-order chi connectivity index (χ1) is 13.5. The maximum Gasteiger partial charge on any atom is 0.387 e. The number of rotatable bonds is 7. The maximum absolute atomic E-state index is 12.3. The van der Waals surface area contributed by atoms with Gasteiger partial charge in [-0.25, -0.2) is 9.97 Å². The molecule has 2 aromatic heterocycles. The van der Waals surface area contributed by atoms with Gasteiger partial charge in [-0.2, -0.15) is 8.78 Å². The van der Waals surface area contributed by atoms with Crippen LogP contribution >= 0.6 is 22.9 Å². The number of halogens is 3. The number of hydrogen-bond acceptors (Lipinski definition) is 6. The number of nitrogens with zero attached hydrogens (tertiary/aromatic N) is 2. The minimum absolute atomic E-state index is 0.0129. The highest BCUT2D eigenvalue weighted by molar-refractivity contribution is 7.19. The third-order valence-electron chi connectivity index (χ3n) is 3.52. The van der Waals surface area contributed by atoms with Crippen molar-refractivity contribution in [1.82, 2.24) is 15.3 Å². The Bertz CT molecular complexity index is 967. The van der Waals surface area contributed by atoms with Crippen molar-refractivity contribution in [2.45, 2.75) is 6.61 Å². The zero-order chi connectivity index (χ0) is 20.1. The van der Waals surface area contributed by atoms with E-state index in [1.165, 1.54) is 29.5 Å². The van der Waals surface area contributed by atoms with Gasteiger partial charge in [0.2, 0.25) is 0 Å². The summed E-state index contributed by atoms with van der Waals surface area (Å²) in [5.41, 5.74) is 1.11. The summed E-state index contributed by atoms with van der Waals surface area (Å²) in [6, 6.07) is 10.8. The zero-order valence-electron chi connectivity index (χ0n) is 14.2. The lowest BCUT2D eigenvalue weighted by Gasteiger charge is -2.09. The van der Waals surface area contributed by atoms with Gasteiger partial charge in [0.25, 0.3) is 5.91 Å². The fourth-order valence-electron chi connectivity index (χ4n) is 2.32. The number of hydrogen-bond donors (Lipinski definition) is 2. The first-order valence-corrected chi connectivity index (χ1v) is 9.25. The molecule has 0 saturated carbocycles. The van der Waals surface area contributed by atoms with Crippen molar-refractivity contribution in [2.75, 3.05) is 13.2 Å². The number of carbonyl (C=O) groups is 1. The smallest absolute Gasteiger partial charge is 0.387 e. The largest absolute Gasteiger partial charge is 0.435 e. The minimum Gasteiger partial charge on any atom is -0.435 e. The molecule has 2 N–H and O–H groups in total. The van der Waals surface area contributed by atoms with Gasteiger partial charge < -0.3 is 15.2 Å². The Morgan fingerprint density at radius 2 is 1.96 bits per heavy atom. The first-order valence-electron chi connectivity index (χ1n) is 8.05. The Morgan fingerprint density at radius 3 is 2.57 bits per heavy atom. The number of alkyl halides is 2. The molecule has 6 nitrogen and oxygen atoms in total. The molecular weight excluding hydrogens is 412 g/mol. The molecule has 0 aliphatic rings. The van der Waals surface area contributed by atoms with E-state index in [-0.39, 0.29) is 24.6 Å². The third-order valence-corrected chi connectivity index (χ3v) is 4.75.